The Kier molecular flexibility index (Phi) is 14.4. The molecule has 0 bridgehead atoms. The number of nitrogens with zero attached hydrogens (tertiary/aromatic N) is 6. The van der Waals surface area contributed by atoms with Gasteiger partial charge >= 0.3 is 0 Å². The summed E-state index contributed by atoms with van der Waals surface area (Å²) in [6.07, 6.45) is 5.27. The minimum absolute atomic E-state index is 0.0481. The van der Waals surface area contributed by atoms with E-state index >= 15 is 0 Å². The highest BCUT2D eigenvalue weighted by Crippen LogP contribution is 2.56. The van der Waals surface area contributed by atoms with E-state index in [4.69, 9.17) is 21.3 Å². The van der Waals surface area contributed by atoms with Gasteiger partial charge in [0, 0.05) is 104 Å². The first-order valence-electron chi connectivity index (χ1n) is 26.3. The van der Waals surface area contributed by atoms with Crippen molar-refractivity contribution in [2.24, 2.45) is 39.5 Å². The summed E-state index contributed by atoms with van der Waals surface area (Å²) in [5, 5.41) is 24.2. The molecule has 8 aliphatic rings. The molecule has 0 spiro atoms. The third kappa shape index (κ3) is 9.61. The highest BCUT2D eigenvalue weighted by molar-refractivity contribution is 8.00. The molecule has 15 nitrogen and oxygen atoms in total. The summed E-state index contributed by atoms with van der Waals surface area (Å²) in [4.78, 5) is 42.8. The van der Waals surface area contributed by atoms with E-state index in [1.54, 1.807) is 18.2 Å². The van der Waals surface area contributed by atoms with Crippen LogP contribution in [0, 0.1) is 45.8 Å². The number of amides is 2. The number of piperidine rings is 1. The van der Waals surface area contributed by atoms with Crippen molar-refractivity contribution in [1.29, 1.82) is 5.26 Å². The SMILES string of the molecule is CCNC(=O)C[C@@H]1N=C(c2ccc(N(C3CC3)C3CN(CC4CCN(C5NCC(C(=O)NC6C(C)(C)C(Oc7ccc(C#N)c(Cl)c7)C6(C)C)CN5)CC4)C3)cc2)C2C(C)C(C)SC2N2C(C)NNC12. The molecule has 6 N–H and O–H groups in total. The number of aliphatic imine (C=N–C) groups is 1. The minimum Gasteiger partial charge on any atom is -0.489 e. The van der Waals surface area contributed by atoms with Crippen molar-refractivity contribution in [1.82, 2.24) is 46.8 Å². The number of ether oxygens (including phenoxy) is 1. The quantitative estimate of drug-likeness (QED) is 0.147. The second-order valence-electron chi connectivity index (χ2n) is 23.0. The standard InChI is InChI=1S/C53H77ClN12O3S/c1-9-56-43(67)23-42-46-62-61-32(4)65(46)48-44(30(2)31(3)70-48)45(59-42)34-10-13-37(14-11-34)66(38-15-16-38)39-28-63(29-39)27-33-18-20-64(21-19-33)51-57-25-36(26-58-51)47(68)60-49-52(5,6)50(53(49,7)8)69-40-17-12-35(24-55)41(54)22-40/h10-14,17,22,30-33,36,38-39,42,44,46,48-51,57-58,61-62H,9,15-16,18-21,23,25-29H2,1-8H3,(H,56,67)(H,60,68)/t30?,31?,32?,36?,42-,44?,46?,48?,49?,50?,51?/m0/s1. The van der Waals surface area contributed by atoms with Crippen LogP contribution in [-0.2, 0) is 9.59 Å². The number of rotatable bonds is 14. The van der Waals surface area contributed by atoms with Crippen LogP contribution in [0.4, 0.5) is 5.69 Å². The van der Waals surface area contributed by atoms with Crippen LogP contribution in [0.2, 0.25) is 5.02 Å². The van der Waals surface area contributed by atoms with Crippen molar-refractivity contribution in [3.05, 3.63) is 58.6 Å². The van der Waals surface area contributed by atoms with E-state index in [9.17, 15) is 14.9 Å². The van der Waals surface area contributed by atoms with E-state index in [2.05, 4.69) is 142 Å². The summed E-state index contributed by atoms with van der Waals surface area (Å²) in [6, 6.07) is 17.5. The van der Waals surface area contributed by atoms with Crippen LogP contribution in [0.25, 0.3) is 0 Å². The molecule has 10 rings (SSSR count). The Hall–Kier alpha value is -3.50. The van der Waals surface area contributed by atoms with Crippen molar-refractivity contribution in [2.45, 2.75) is 147 Å². The highest BCUT2D eigenvalue weighted by atomic mass is 35.5. The molecular weight excluding hydrogens is 920 g/mol. The summed E-state index contributed by atoms with van der Waals surface area (Å²) in [7, 11) is 0. The average molecular weight is 998 g/mol. The topological polar surface area (TPSA) is 165 Å². The third-order valence-electron chi connectivity index (χ3n) is 17.4. The lowest BCUT2D eigenvalue weighted by Crippen LogP contribution is -2.75. The Bertz CT molecular complexity index is 2290. The number of thioether (sulfide) groups is 1. The van der Waals surface area contributed by atoms with Crippen molar-refractivity contribution >= 4 is 46.6 Å². The predicted octanol–water partition coefficient (Wildman–Crippen LogP) is 5.16. The van der Waals surface area contributed by atoms with Crippen molar-refractivity contribution in [2.75, 3.05) is 57.3 Å². The number of hydrogen-bond acceptors (Lipinski definition) is 14. The fraction of sp³-hybridized carbons (Fsp3) is 0.698. The molecule has 7 atom stereocenters. The lowest BCUT2D eigenvalue weighted by molar-refractivity contribution is -0.174. The molecule has 2 aliphatic carbocycles. The van der Waals surface area contributed by atoms with Crippen molar-refractivity contribution < 1.29 is 14.3 Å². The van der Waals surface area contributed by atoms with E-state index < -0.39 is 0 Å². The van der Waals surface area contributed by atoms with Gasteiger partial charge in [-0.3, -0.25) is 39.9 Å². The third-order valence-corrected chi connectivity index (χ3v) is 19.4. The zero-order chi connectivity index (χ0) is 49.2. The maximum atomic E-state index is 13.7. The predicted molar refractivity (Wildman–Crippen MR) is 278 cm³/mol. The Morgan fingerprint density at radius 2 is 1.67 bits per heavy atom. The number of carbonyl (C=O) groups is 2. The summed E-state index contributed by atoms with van der Waals surface area (Å²) in [6.45, 7) is 24.9. The second-order valence-corrected chi connectivity index (χ2v) is 24.9. The molecule has 6 heterocycles. The number of hydrogen-bond donors (Lipinski definition) is 6. The molecule has 380 valence electrons. The number of nitriles is 1. The number of halogens is 1. The number of hydrazine groups is 1. The molecule has 5 saturated heterocycles. The molecule has 2 aromatic rings. The molecule has 2 aromatic carbocycles. The van der Waals surface area contributed by atoms with Gasteiger partial charge in [-0.1, -0.05) is 65.3 Å². The van der Waals surface area contributed by atoms with Gasteiger partial charge in [-0.05, 0) is 81.2 Å². The molecule has 6 aliphatic heterocycles. The second kappa shape index (κ2) is 20.1. The maximum absolute atomic E-state index is 13.7. The molecule has 70 heavy (non-hydrogen) atoms. The van der Waals surface area contributed by atoms with Gasteiger partial charge in [0.05, 0.1) is 52.7 Å². The van der Waals surface area contributed by atoms with E-state index in [-0.39, 0.29) is 76.7 Å². The van der Waals surface area contributed by atoms with Gasteiger partial charge in [0.1, 0.15) is 24.2 Å². The molecular formula is C53H77ClN12O3S. The van der Waals surface area contributed by atoms with Gasteiger partial charge in [-0.15, -0.1) is 11.8 Å². The molecule has 7 fully saturated rings. The van der Waals surface area contributed by atoms with Gasteiger partial charge < -0.3 is 20.3 Å². The zero-order valence-electron chi connectivity index (χ0n) is 42.5. The van der Waals surface area contributed by atoms with E-state index in [1.807, 2.05) is 6.92 Å². The lowest BCUT2D eigenvalue weighted by Gasteiger charge is -2.63. The first kappa shape index (κ1) is 50.1. The Labute approximate surface area is 425 Å². The molecule has 2 amide bonds. The number of fused-ring (bicyclic) bond motifs is 3. The normalized spacial score (nSPS) is 34.5. The lowest BCUT2D eigenvalue weighted by atomic mass is 9.49. The largest absolute Gasteiger partial charge is 0.489 e. The van der Waals surface area contributed by atoms with Gasteiger partial charge in [0.15, 0.2) is 0 Å². The fourth-order valence-corrected chi connectivity index (χ4v) is 15.6. The summed E-state index contributed by atoms with van der Waals surface area (Å²) < 4.78 is 6.44. The van der Waals surface area contributed by atoms with E-state index in [0.717, 1.165) is 38.4 Å². The summed E-state index contributed by atoms with van der Waals surface area (Å²) in [5.41, 5.74) is 10.5. The fourth-order valence-electron chi connectivity index (χ4n) is 13.6. The first-order chi connectivity index (χ1) is 33.5. The van der Waals surface area contributed by atoms with Crippen LogP contribution >= 0.6 is 23.4 Å². The van der Waals surface area contributed by atoms with Gasteiger partial charge in [0.2, 0.25) is 11.8 Å². The molecule has 0 radical (unpaired) electrons. The van der Waals surface area contributed by atoms with Crippen LogP contribution in [0.5, 0.6) is 5.75 Å². The smallest absolute Gasteiger partial charge is 0.225 e. The molecule has 6 unspecified atom stereocenters. The van der Waals surface area contributed by atoms with E-state index in [0.29, 0.717) is 71.6 Å². The van der Waals surface area contributed by atoms with Crippen LogP contribution in [0.15, 0.2) is 47.5 Å². The van der Waals surface area contributed by atoms with Crippen molar-refractivity contribution in [3.63, 3.8) is 0 Å². The average Bonchev–Trinajstić information content (AvgIpc) is 4.06. The monoisotopic (exact) mass is 997 g/mol. The first-order valence-corrected chi connectivity index (χ1v) is 27.6. The van der Waals surface area contributed by atoms with Crippen molar-refractivity contribution in [3.8, 4) is 11.8 Å². The Morgan fingerprint density at radius 1 is 0.971 bits per heavy atom. The molecule has 2 saturated carbocycles. The molecule has 17 heteroatoms. The van der Waals surface area contributed by atoms with Crippen LogP contribution in [-0.4, -0.2) is 144 Å². The Morgan fingerprint density at radius 3 is 2.31 bits per heavy atom. The highest BCUT2D eigenvalue weighted by Gasteiger charge is 2.64. The summed E-state index contributed by atoms with van der Waals surface area (Å²) >= 11 is 8.36. The Balaban J connectivity index is 0.692. The van der Waals surface area contributed by atoms with Crippen LogP contribution in [0.3, 0.4) is 0 Å². The molecule has 0 aromatic heterocycles. The number of benzene rings is 2. The number of carbonyl (C=O) groups excluding carboxylic acids is 2. The van der Waals surface area contributed by atoms with E-state index in [1.165, 1.54) is 36.9 Å². The maximum Gasteiger partial charge on any atom is 0.225 e. The van der Waals surface area contributed by atoms with Gasteiger partial charge in [-0.25, -0.2) is 10.9 Å². The van der Waals surface area contributed by atoms with Crippen LogP contribution in [0.1, 0.15) is 98.6 Å². The van der Waals surface area contributed by atoms with Gasteiger partial charge in [0.25, 0.3) is 0 Å². The van der Waals surface area contributed by atoms with Crippen LogP contribution < -0.4 is 41.8 Å². The zero-order valence-corrected chi connectivity index (χ0v) is 44.1. The van der Waals surface area contributed by atoms with Gasteiger partial charge in [-0.2, -0.15) is 5.26 Å². The number of likely N-dealkylation sites (tertiary alicyclic amines) is 2. The number of anilines is 1. The number of nitrogens with one attached hydrogen (secondary N) is 6. The minimum atomic E-state index is -0.306. The summed E-state index contributed by atoms with van der Waals surface area (Å²) in [5.74, 6) is 2.00.